The number of hydrogen-bond acceptors (Lipinski definition) is 6. The van der Waals surface area contributed by atoms with Crippen molar-refractivity contribution in [3.8, 4) is 0 Å². The van der Waals surface area contributed by atoms with E-state index in [2.05, 4.69) is 36.4 Å². The fourth-order valence-corrected chi connectivity index (χ4v) is 1.26. The Kier molecular flexibility index (Phi) is 10.8. The highest BCUT2D eigenvalue weighted by Crippen LogP contribution is 1.89. The van der Waals surface area contributed by atoms with Gasteiger partial charge in [0.1, 0.15) is 0 Å². The van der Waals surface area contributed by atoms with Gasteiger partial charge in [0.2, 0.25) is 0 Å². The van der Waals surface area contributed by atoms with Crippen LogP contribution in [0.25, 0.3) is 0 Å². The molecule has 0 aromatic heterocycles. The van der Waals surface area contributed by atoms with Crippen LogP contribution in [0.3, 0.4) is 0 Å². The predicted molar refractivity (Wildman–Crippen MR) is 96.0 cm³/mol. The number of nitrogens with zero attached hydrogens (tertiary/aromatic N) is 2. The summed E-state index contributed by atoms with van der Waals surface area (Å²) in [6, 6.07) is 0. The van der Waals surface area contributed by atoms with E-state index >= 15 is 0 Å². The minimum Gasteiger partial charge on any atom is -0.469 e. The Balaban J connectivity index is 4.09. The SMILES string of the molecule is CNC(=S)N/N=C(C)/C(C)=N\NC(=S)NCCCC(=O)OC. The molecule has 0 rings (SSSR count). The minimum absolute atomic E-state index is 0.242. The van der Waals surface area contributed by atoms with Crippen LogP contribution in [-0.2, 0) is 9.53 Å². The van der Waals surface area contributed by atoms with Gasteiger partial charge in [0, 0.05) is 20.0 Å². The van der Waals surface area contributed by atoms with Crippen molar-refractivity contribution in [2.75, 3.05) is 20.7 Å². The van der Waals surface area contributed by atoms with Gasteiger partial charge in [0.25, 0.3) is 0 Å². The first kappa shape index (κ1) is 20.2. The van der Waals surface area contributed by atoms with E-state index in [1.165, 1.54) is 7.11 Å². The summed E-state index contributed by atoms with van der Waals surface area (Å²) in [7, 11) is 3.06. The summed E-state index contributed by atoms with van der Waals surface area (Å²) in [5.41, 5.74) is 6.69. The molecule has 0 fully saturated rings. The Labute approximate surface area is 141 Å². The van der Waals surface area contributed by atoms with Gasteiger partial charge in [-0.3, -0.25) is 15.6 Å². The summed E-state index contributed by atoms with van der Waals surface area (Å²) in [4.78, 5) is 10.9. The number of thiocarbonyl (C=S) groups is 2. The molecule has 22 heavy (non-hydrogen) atoms. The number of carbonyl (C=O) groups excluding carboxylic acids is 1. The molecule has 8 nitrogen and oxygen atoms in total. The van der Waals surface area contributed by atoms with Crippen molar-refractivity contribution in [2.24, 2.45) is 10.2 Å². The third-order valence-corrected chi connectivity index (χ3v) is 3.00. The lowest BCUT2D eigenvalue weighted by atomic mass is 10.3. The van der Waals surface area contributed by atoms with E-state index < -0.39 is 0 Å². The topological polar surface area (TPSA) is 99.1 Å². The van der Waals surface area contributed by atoms with Gasteiger partial charge in [-0.1, -0.05) is 0 Å². The summed E-state index contributed by atoms with van der Waals surface area (Å²) in [5.74, 6) is -0.242. The fourth-order valence-electron chi connectivity index (χ4n) is 1.06. The van der Waals surface area contributed by atoms with E-state index in [1.54, 1.807) is 20.9 Å². The Bertz CT molecular complexity index is 465. The molecule has 0 aliphatic heterocycles. The standard InChI is InChI=1S/C12H22N6O2S2/c1-8(15-17-11(21)13-3)9(2)16-18-12(22)14-7-5-6-10(19)20-4/h5-7H2,1-4H3,(H2,13,17,21)(H2,14,18,22)/b15-8+,16-9-. The molecule has 0 unspecified atom stereocenters. The van der Waals surface area contributed by atoms with Gasteiger partial charge in [0.15, 0.2) is 10.2 Å². The number of rotatable bonds is 7. The highest BCUT2D eigenvalue weighted by molar-refractivity contribution is 7.80. The molecule has 0 bridgehead atoms. The maximum Gasteiger partial charge on any atom is 0.305 e. The second-order valence-electron chi connectivity index (χ2n) is 4.13. The van der Waals surface area contributed by atoms with Crippen molar-refractivity contribution in [1.29, 1.82) is 0 Å². The molecule has 0 aromatic rings. The Hall–Kier alpha value is -1.81. The first-order valence-electron chi connectivity index (χ1n) is 6.58. The van der Waals surface area contributed by atoms with Crippen LogP contribution >= 0.6 is 24.4 Å². The van der Waals surface area contributed by atoms with Gasteiger partial charge >= 0.3 is 5.97 Å². The van der Waals surface area contributed by atoms with Crippen LogP contribution in [0, 0.1) is 0 Å². The molecular weight excluding hydrogens is 324 g/mol. The molecule has 0 aliphatic rings. The number of carbonyl (C=O) groups is 1. The largest absolute Gasteiger partial charge is 0.469 e. The molecule has 0 amide bonds. The van der Waals surface area contributed by atoms with Crippen molar-refractivity contribution < 1.29 is 9.53 Å². The van der Waals surface area contributed by atoms with Gasteiger partial charge in [-0.2, -0.15) is 10.2 Å². The molecule has 4 N–H and O–H groups in total. The summed E-state index contributed by atoms with van der Waals surface area (Å²) < 4.78 is 4.54. The molecule has 0 spiro atoms. The van der Waals surface area contributed by atoms with Crippen molar-refractivity contribution >= 4 is 52.1 Å². The molecule has 0 aliphatic carbocycles. The van der Waals surface area contributed by atoms with Crippen molar-refractivity contribution in [1.82, 2.24) is 21.5 Å². The maximum atomic E-state index is 10.9. The zero-order chi connectivity index (χ0) is 17.0. The molecule has 10 heteroatoms. The van der Waals surface area contributed by atoms with Crippen molar-refractivity contribution in [2.45, 2.75) is 26.7 Å². The maximum absolute atomic E-state index is 10.9. The van der Waals surface area contributed by atoms with Crippen LogP contribution in [0.4, 0.5) is 0 Å². The van der Waals surface area contributed by atoms with Crippen LogP contribution in [0.15, 0.2) is 10.2 Å². The zero-order valence-corrected chi connectivity index (χ0v) is 14.8. The monoisotopic (exact) mass is 346 g/mol. The highest BCUT2D eigenvalue weighted by atomic mass is 32.1. The van der Waals surface area contributed by atoms with Crippen LogP contribution in [-0.4, -0.2) is 48.3 Å². The number of methoxy groups -OCH3 is 1. The number of ether oxygens (including phenoxy) is 1. The molecule has 0 aromatic carbocycles. The van der Waals surface area contributed by atoms with Crippen LogP contribution < -0.4 is 21.5 Å². The van der Waals surface area contributed by atoms with E-state index in [9.17, 15) is 4.79 Å². The van der Waals surface area contributed by atoms with Crippen molar-refractivity contribution in [3.05, 3.63) is 0 Å². The number of hydrogen-bond donors (Lipinski definition) is 4. The highest BCUT2D eigenvalue weighted by Gasteiger charge is 2.01. The van der Waals surface area contributed by atoms with Gasteiger partial charge in [-0.15, -0.1) is 0 Å². The minimum atomic E-state index is -0.242. The molecule has 0 saturated carbocycles. The first-order valence-corrected chi connectivity index (χ1v) is 7.39. The molecule has 0 heterocycles. The molecule has 0 saturated heterocycles. The lowest BCUT2D eigenvalue weighted by Crippen LogP contribution is -2.34. The molecular formula is C12H22N6O2S2. The van der Waals surface area contributed by atoms with Gasteiger partial charge in [-0.05, 0) is 44.7 Å². The first-order chi connectivity index (χ1) is 10.4. The Morgan fingerprint density at radius 2 is 1.64 bits per heavy atom. The molecule has 0 atom stereocenters. The Morgan fingerprint density at radius 3 is 2.14 bits per heavy atom. The van der Waals surface area contributed by atoms with Crippen LogP contribution in [0.2, 0.25) is 0 Å². The lowest BCUT2D eigenvalue weighted by Gasteiger charge is -2.08. The average Bonchev–Trinajstić information content (AvgIpc) is 2.53. The van der Waals surface area contributed by atoms with E-state index in [1.807, 2.05) is 0 Å². The normalized spacial score (nSPS) is 11.5. The third-order valence-electron chi connectivity index (χ3n) is 2.47. The Morgan fingerprint density at radius 1 is 1.09 bits per heavy atom. The second kappa shape index (κ2) is 11.8. The van der Waals surface area contributed by atoms with E-state index in [0.717, 1.165) is 0 Å². The van der Waals surface area contributed by atoms with Gasteiger partial charge in [0.05, 0.1) is 18.5 Å². The molecule has 0 radical (unpaired) electrons. The van der Waals surface area contributed by atoms with E-state index in [0.29, 0.717) is 41.0 Å². The quantitative estimate of drug-likeness (QED) is 0.171. The summed E-state index contributed by atoms with van der Waals surface area (Å²) in [6.45, 7) is 4.13. The molecule has 124 valence electrons. The predicted octanol–water partition coefficient (Wildman–Crippen LogP) is 0.249. The third kappa shape index (κ3) is 10.00. The summed E-state index contributed by atoms with van der Waals surface area (Å²) in [5, 5.41) is 14.6. The van der Waals surface area contributed by atoms with Crippen LogP contribution in [0.5, 0.6) is 0 Å². The smallest absolute Gasteiger partial charge is 0.305 e. The summed E-state index contributed by atoms with van der Waals surface area (Å²) >= 11 is 9.96. The van der Waals surface area contributed by atoms with Gasteiger partial charge in [-0.25, -0.2) is 0 Å². The fraction of sp³-hybridized carbons (Fsp3) is 0.583. The summed E-state index contributed by atoms with van der Waals surface area (Å²) in [6.07, 6.45) is 0.972. The lowest BCUT2D eigenvalue weighted by molar-refractivity contribution is -0.140. The number of nitrogens with one attached hydrogen (secondary N) is 4. The van der Waals surface area contributed by atoms with E-state index in [-0.39, 0.29) is 5.97 Å². The van der Waals surface area contributed by atoms with Crippen LogP contribution in [0.1, 0.15) is 26.7 Å². The van der Waals surface area contributed by atoms with Crippen molar-refractivity contribution in [3.63, 3.8) is 0 Å². The second-order valence-corrected chi connectivity index (χ2v) is 4.95. The zero-order valence-electron chi connectivity index (χ0n) is 13.1. The number of esters is 1. The average molecular weight is 346 g/mol. The van der Waals surface area contributed by atoms with E-state index in [4.69, 9.17) is 24.4 Å². The number of hydrazone groups is 2. The van der Waals surface area contributed by atoms with Gasteiger partial charge < -0.3 is 15.4 Å².